The van der Waals surface area contributed by atoms with Crippen molar-refractivity contribution < 1.29 is 26.7 Å². The van der Waals surface area contributed by atoms with Crippen molar-refractivity contribution in [3.63, 3.8) is 0 Å². The first kappa shape index (κ1) is 17.0. The Kier molecular flexibility index (Phi) is 4.13. The second kappa shape index (κ2) is 5.35. The van der Waals surface area contributed by atoms with E-state index in [2.05, 4.69) is 5.32 Å². The van der Waals surface area contributed by atoms with Crippen LogP contribution in [0.3, 0.4) is 0 Å². The fourth-order valence-electron chi connectivity index (χ4n) is 2.10. The van der Waals surface area contributed by atoms with E-state index in [1.165, 1.54) is 6.92 Å². The van der Waals surface area contributed by atoms with Crippen LogP contribution < -0.4 is 10.5 Å². The van der Waals surface area contributed by atoms with Crippen LogP contribution in [0.4, 0.5) is 5.69 Å². The second-order valence-electron chi connectivity index (χ2n) is 4.42. The van der Waals surface area contributed by atoms with Gasteiger partial charge in [-0.05, 0) is 12.1 Å². The number of fused-ring (bicyclic) bond motifs is 1. The number of nitrogens with one attached hydrogen (secondary N) is 1. The van der Waals surface area contributed by atoms with Crippen LogP contribution in [-0.4, -0.2) is 44.9 Å². The first-order valence-corrected chi connectivity index (χ1v) is 9.24. The lowest BCUT2D eigenvalue weighted by Crippen LogP contribution is -2.52. The summed E-state index contributed by atoms with van der Waals surface area (Å²) in [4.78, 5) is 10.3. The molecule has 1 heterocycles. The van der Waals surface area contributed by atoms with E-state index in [4.69, 9.17) is 21.8 Å². The van der Waals surface area contributed by atoms with E-state index in [0.29, 0.717) is 4.31 Å². The molecule has 0 aliphatic carbocycles. The maximum absolute atomic E-state index is 12.5. The van der Waals surface area contributed by atoms with Crippen LogP contribution in [0.25, 0.3) is 0 Å². The molecular weight excluding hydrogens is 358 g/mol. The van der Waals surface area contributed by atoms with Gasteiger partial charge in [0.15, 0.2) is 6.17 Å². The number of nitrogens with zero attached hydrogens (tertiary/aromatic N) is 1. The fraction of sp³-hybridized carbons (Fsp3) is 0.300. The number of anilines is 1. The normalized spacial score (nSPS) is 21.0. The zero-order chi connectivity index (χ0) is 16.9. The third-order valence-corrected chi connectivity index (χ3v) is 6.41. The molecule has 2 rings (SSSR count). The minimum absolute atomic E-state index is 0.102. The number of hydrogen-bond donors (Lipinski definition) is 3. The minimum atomic E-state index is -4.23. The molecule has 0 spiro atoms. The molecule has 0 amide bonds. The number of nitrogens with two attached hydrogens (primary N) is 1. The largest absolute Gasteiger partial charge is 0.479 e. The third-order valence-electron chi connectivity index (χ3n) is 3.05. The first-order valence-electron chi connectivity index (χ1n) is 5.87. The van der Waals surface area contributed by atoms with Gasteiger partial charge in [0.25, 0.3) is 0 Å². The number of halogens is 1. The lowest BCUT2D eigenvalue weighted by Gasteiger charge is -2.34. The van der Waals surface area contributed by atoms with Crippen LogP contribution in [0.5, 0.6) is 0 Å². The molecule has 22 heavy (non-hydrogen) atoms. The molecule has 1 atom stereocenters. The van der Waals surface area contributed by atoms with Crippen molar-refractivity contribution in [2.45, 2.75) is 22.9 Å². The number of rotatable bonds is 3. The van der Waals surface area contributed by atoms with Crippen molar-refractivity contribution in [3.8, 4) is 0 Å². The van der Waals surface area contributed by atoms with E-state index < -0.39 is 42.0 Å². The van der Waals surface area contributed by atoms with Crippen molar-refractivity contribution >= 4 is 43.3 Å². The van der Waals surface area contributed by atoms with E-state index in [9.17, 15) is 21.6 Å². The Labute approximate surface area is 131 Å². The molecule has 1 aliphatic heterocycles. The Bertz CT molecular complexity index is 852. The number of aliphatic carboxylic acids is 1. The number of carbonyl (C=O) groups is 1. The van der Waals surface area contributed by atoms with Gasteiger partial charge in [-0.3, -0.25) is 0 Å². The van der Waals surface area contributed by atoms with E-state index in [1.54, 1.807) is 0 Å². The minimum Gasteiger partial charge on any atom is -0.479 e. The number of carboxylic acids is 1. The number of likely N-dealkylation sites (N-methyl/N-ethyl adjacent to an activating group) is 1. The van der Waals surface area contributed by atoms with E-state index in [-0.39, 0.29) is 17.3 Å². The molecule has 0 aromatic heterocycles. The smallest absolute Gasteiger partial charge is 0.342 e. The molecule has 0 saturated heterocycles. The van der Waals surface area contributed by atoms with Crippen LogP contribution in [0.15, 0.2) is 21.9 Å². The Morgan fingerprint density at radius 3 is 2.55 bits per heavy atom. The molecule has 4 N–H and O–H groups in total. The number of benzene rings is 1. The number of primary sulfonamides is 1. The van der Waals surface area contributed by atoms with Crippen LogP contribution >= 0.6 is 11.6 Å². The fourth-order valence-corrected chi connectivity index (χ4v) is 4.95. The summed E-state index contributed by atoms with van der Waals surface area (Å²) in [5, 5.41) is 16.3. The van der Waals surface area contributed by atoms with Gasteiger partial charge in [0.05, 0.1) is 10.7 Å². The first-order chi connectivity index (χ1) is 10.00. The lowest BCUT2D eigenvalue weighted by atomic mass is 10.3. The molecule has 1 unspecified atom stereocenters. The zero-order valence-corrected chi connectivity index (χ0v) is 13.5. The van der Waals surface area contributed by atoms with E-state index in [0.717, 1.165) is 12.1 Å². The van der Waals surface area contributed by atoms with Crippen LogP contribution in [0, 0.1) is 0 Å². The summed E-state index contributed by atoms with van der Waals surface area (Å²) in [7, 11) is -8.45. The third kappa shape index (κ3) is 2.65. The monoisotopic (exact) mass is 369 g/mol. The Balaban J connectivity index is 2.77. The lowest BCUT2D eigenvalue weighted by molar-refractivity contribution is -0.140. The van der Waals surface area contributed by atoms with Crippen LogP contribution in [-0.2, 0) is 24.8 Å². The van der Waals surface area contributed by atoms with Gasteiger partial charge in [-0.1, -0.05) is 18.5 Å². The van der Waals surface area contributed by atoms with Gasteiger partial charge in [0.2, 0.25) is 20.0 Å². The van der Waals surface area contributed by atoms with Gasteiger partial charge < -0.3 is 10.4 Å². The summed E-state index contributed by atoms with van der Waals surface area (Å²) in [6.07, 6.45) is -1.51. The average molecular weight is 370 g/mol. The van der Waals surface area contributed by atoms with Crippen molar-refractivity contribution in [2.75, 3.05) is 11.9 Å². The molecule has 122 valence electrons. The summed E-state index contributed by atoms with van der Waals surface area (Å²) in [6, 6.07) is 1.84. The highest BCUT2D eigenvalue weighted by Gasteiger charge is 2.41. The maximum Gasteiger partial charge on any atom is 0.342 e. The van der Waals surface area contributed by atoms with Crippen molar-refractivity contribution in [2.24, 2.45) is 5.14 Å². The topological polar surface area (TPSA) is 147 Å². The standard InChI is InChI=1S/C10H12ClN3O6S2/c1-2-14-9(10(15)16)13-6-3-5(11)7(21(12,17)18)4-8(6)22(14,19)20/h3-4,9,13H,2H2,1H3,(H,15,16)(H2,12,17,18). The second-order valence-corrected chi connectivity index (χ2v) is 8.21. The highest BCUT2D eigenvalue weighted by Crippen LogP contribution is 2.36. The molecule has 0 bridgehead atoms. The van der Waals surface area contributed by atoms with E-state index in [1.807, 2.05) is 0 Å². The summed E-state index contributed by atoms with van der Waals surface area (Å²) in [5.74, 6) is -1.40. The molecule has 9 nitrogen and oxygen atoms in total. The van der Waals surface area contributed by atoms with Crippen molar-refractivity contribution in [1.82, 2.24) is 4.31 Å². The quantitative estimate of drug-likeness (QED) is 0.670. The highest BCUT2D eigenvalue weighted by atomic mass is 35.5. The van der Waals surface area contributed by atoms with Gasteiger partial charge in [-0.15, -0.1) is 0 Å². The summed E-state index contributed by atoms with van der Waals surface area (Å²) in [6.45, 7) is 1.33. The molecule has 0 saturated carbocycles. The van der Waals surface area contributed by atoms with Gasteiger partial charge in [0, 0.05) is 6.54 Å². The molecule has 1 aromatic carbocycles. The zero-order valence-electron chi connectivity index (χ0n) is 11.1. The number of hydrogen-bond acceptors (Lipinski definition) is 6. The Morgan fingerprint density at radius 1 is 1.50 bits per heavy atom. The summed E-state index contributed by atoms with van der Waals surface area (Å²) >= 11 is 5.78. The summed E-state index contributed by atoms with van der Waals surface area (Å²) in [5.41, 5.74) is -0.102. The highest BCUT2D eigenvalue weighted by molar-refractivity contribution is 7.90. The molecule has 12 heteroatoms. The predicted octanol–water partition coefficient (Wildman–Crippen LogP) is -0.166. The Hall–Kier alpha value is -1.40. The van der Waals surface area contributed by atoms with Crippen molar-refractivity contribution in [3.05, 3.63) is 17.2 Å². The van der Waals surface area contributed by atoms with Gasteiger partial charge in [0.1, 0.15) is 9.79 Å². The molecule has 0 fully saturated rings. The summed E-state index contributed by atoms with van der Waals surface area (Å²) < 4.78 is 48.6. The molecule has 1 aliphatic rings. The average Bonchev–Trinajstić information content (AvgIpc) is 2.35. The predicted molar refractivity (Wildman–Crippen MR) is 77.4 cm³/mol. The van der Waals surface area contributed by atoms with Crippen molar-refractivity contribution in [1.29, 1.82) is 0 Å². The van der Waals surface area contributed by atoms with Gasteiger partial charge in [-0.25, -0.2) is 26.8 Å². The van der Waals surface area contributed by atoms with Crippen LogP contribution in [0.2, 0.25) is 5.02 Å². The molecule has 1 aromatic rings. The Morgan fingerprint density at radius 2 is 2.09 bits per heavy atom. The number of sulfonamides is 2. The van der Waals surface area contributed by atoms with Crippen LogP contribution in [0.1, 0.15) is 6.92 Å². The number of carboxylic acid groups (broad SMARTS) is 1. The molecule has 0 radical (unpaired) electrons. The molecular formula is C10H12ClN3O6S2. The van der Waals surface area contributed by atoms with E-state index >= 15 is 0 Å². The SMILES string of the molecule is CCN1C(C(=O)O)Nc2cc(Cl)c(S(N)(=O)=O)cc2S1(=O)=O. The van der Waals surface area contributed by atoms with Gasteiger partial charge in [-0.2, -0.15) is 4.31 Å². The van der Waals surface area contributed by atoms with Gasteiger partial charge >= 0.3 is 5.97 Å². The maximum atomic E-state index is 12.5.